The van der Waals surface area contributed by atoms with Crippen molar-refractivity contribution >= 4 is 17.7 Å². The van der Waals surface area contributed by atoms with Gasteiger partial charge in [0.15, 0.2) is 0 Å². The Kier molecular flexibility index (Phi) is 3.69. The number of ether oxygens (including phenoxy) is 1. The van der Waals surface area contributed by atoms with Gasteiger partial charge in [-0.05, 0) is 31.7 Å². The zero-order valence-corrected chi connectivity index (χ0v) is 11.2. The van der Waals surface area contributed by atoms with Gasteiger partial charge in [-0.1, -0.05) is 5.16 Å². The van der Waals surface area contributed by atoms with Crippen LogP contribution in [0.3, 0.4) is 0 Å². The van der Waals surface area contributed by atoms with Gasteiger partial charge in [0.1, 0.15) is 5.69 Å². The van der Waals surface area contributed by atoms with E-state index in [1.54, 1.807) is 0 Å². The molecule has 0 aliphatic heterocycles. The Morgan fingerprint density at radius 1 is 1.32 bits per heavy atom. The van der Waals surface area contributed by atoms with E-state index in [1.807, 2.05) is 6.92 Å². The first-order chi connectivity index (χ1) is 9.04. The van der Waals surface area contributed by atoms with Crippen LogP contribution in [-0.2, 0) is 20.8 Å². The number of esters is 1. The van der Waals surface area contributed by atoms with Gasteiger partial charge >= 0.3 is 11.9 Å². The van der Waals surface area contributed by atoms with Crippen molar-refractivity contribution in [3.8, 4) is 0 Å². The van der Waals surface area contributed by atoms with E-state index < -0.39 is 11.9 Å². The Morgan fingerprint density at radius 3 is 2.68 bits per heavy atom. The normalized spacial score (nSPS) is 16.1. The maximum Gasteiger partial charge on any atom is 0.354 e. The molecule has 1 heterocycles. The third-order valence-corrected chi connectivity index (χ3v) is 3.13. The van der Waals surface area contributed by atoms with Crippen LogP contribution >= 0.6 is 0 Å². The molecule has 6 heteroatoms. The van der Waals surface area contributed by atoms with Gasteiger partial charge in [0.05, 0.1) is 12.8 Å². The number of aromatic amines is 1. The highest BCUT2D eigenvalue weighted by atomic mass is 16.7. The highest BCUT2D eigenvalue weighted by Gasteiger charge is 2.26. The van der Waals surface area contributed by atoms with Crippen LogP contribution < -0.4 is 0 Å². The molecule has 102 valence electrons. The second kappa shape index (κ2) is 5.26. The summed E-state index contributed by atoms with van der Waals surface area (Å²) in [7, 11) is 1.34. The van der Waals surface area contributed by atoms with E-state index in [4.69, 9.17) is 9.57 Å². The van der Waals surface area contributed by atoms with E-state index in [0.29, 0.717) is 11.4 Å². The molecule has 0 amide bonds. The molecular formula is C13H16N2O4. The molecule has 2 rings (SSSR count). The molecule has 0 bridgehead atoms. The first-order valence-corrected chi connectivity index (χ1v) is 6.09. The average Bonchev–Trinajstić information content (AvgIpc) is 2.73. The van der Waals surface area contributed by atoms with Crippen LogP contribution in [0.5, 0.6) is 0 Å². The Labute approximate surface area is 110 Å². The zero-order chi connectivity index (χ0) is 14.0. The number of fused-ring (bicyclic) bond motifs is 1. The number of aromatic nitrogens is 1. The summed E-state index contributed by atoms with van der Waals surface area (Å²) in [5, 5.41) is 3.88. The third kappa shape index (κ3) is 2.52. The number of rotatable bonds is 2. The maximum absolute atomic E-state index is 11.6. The fraction of sp³-hybridized carbons (Fsp3) is 0.462. The third-order valence-electron chi connectivity index (χ3n) is 3.13. The van der Waals surface area contributed by atoms with Crippen molar-refractivity contribution in [1.29, 1.82) is 0 Å². The standard InChI is InChI=1S/C13H16N2O4/c1-7-11-9(14-12(7)13(17)18-3)5-4-6-10(11)15-19-8(2)16/h14H,4-6H2,1-3H3. The minimum Gasteiger partial charge on any atom is -0.464 e. The SMILES string of the molecule is COC(=O)c1[nH]c2c(c1C)C(=NOC(C)=O)CCC2. The van der Waals surface area contributed by atoms with Gasteiger partial charge in [-0.25, -0.2) is 9.59 Å². The second-order valence-electron chi connectivity index (χ2n) is 4.44. The van der Waals surface area contributed by atoms with Crippen LogP contribution in [0.4, 0.5) is 0 Å². The lowest BCUT2D eigenvalue weighted by Crippen LogP contribution is -2.13. The monoisotopic (exact) mass is 264 g/mol. The number of nitrogens with one attached hydrogen (secondary N) is 1. The summed E-state index contributed by atoms with van der Waals surface area (Å²) < 4.78 is 4.73. The number of carbonyl (C=O) groups is 2. The number of H-pyrrole nitrogens is 1. The predicted octanol–water partition coefficient (Wildman–Crippen LogP) is 1.71. The van der Waals surface area contributed by atoms with E-state index in [2.05, 4.69) is 10.1 Å². The van der Waals surface area contributed by atoms with Gasteiger partial charge in [0, 0.05) is 18.2 Å². The summed E-state index contributed by atoms with van der Waals surface area (Å²) in [6, 6.07) is 0. The Morgan fingerprint density at radius 2 is 2.05 bits per heavy atom. The average molecular weight is 264 g/mol. The van der Waals surface area contributed by atoms with E-state index in [-0.39, 0.29) is 0 Å². The van der Waals surface area contributed by atoms with Crippen molar-refractivity contribution in [1.82, 2.24) is 4.98 Å². The van der Waals surface area contributed by atoms with Crippen LogP contribution in [0.15, 0.2) is 5.16 Å². The molecule has 0 saturated carbocycles. The largest absolute Gasteiger partial charge is 0.464 e. The molecule has 0 saturated heterocycles. The van der Waals surface area contributed by atoms with Crippen molar-refractivity contribution in [2.75, 3.05) is 7.11 Å². The molecular weight excluding hydrogens is 248 g/mol. The molecule has 1 aromatic rings. The van der Waals surface area contributed by atoms with Gasteiger partial charge < -0.3 is 14.6 Å². The van der Waals surface area contributed by atoms with E-state index in [1.165, 1.54) is 14.0 Å². The molecule has 0 spiro atoms. The van der Waals surface area contributed by atoms with Gasteiger partial charge in [-0.3, -0.25) is 0 Å². The van der Waals surface area contributed by atoms with Gasteiger partial charge in [-0.15, -0.1) is 0 Å². The molecule has 0 radical (unpaired) electrons. The first kappa shape index (κ1) is 13.3. The first-order valence-electron chi connectivity index (χ1n) is 6.09. The minimum atomic E-state index is -0.457. The second-order valence-corrected chi connectivity index (χ2v) is 4.44. The molecule has 0 fully saturated rings. The summed E-state index contributed by atoms with van der Waals surface area (Å²) in [5.74, 6) is -0.861. The van der Waals surface area contributed by atoms with Crippen molar-refractivity contribution < 1.29 is 19.2 Å². The number of hydrogen-bond acceptors (Lipinski definition) is 5. The van der Waals surface area contributed by atoms with Crippen molar-refractivity contribution in [2.45, 2.75) is 33.1 Å². The molecule has 1 aromatic heterocycles. The van der Waals surface area contributed by atoms with E-state index >= 15 is 0 Å². The summed E-state index contributed by atoms with van der Waals surface area (Å²) in [4.78, 5) is 30.3. The van der Waals surface area contributed by atoms with Crippen molar-refractivity contribution in [2.24, 2.45) is 5.16 Å². The molecule has 0 aromatic carbocycles. The molecule has 19 heavy (non-hydrogen) atoms. The maximum atomic E-state index is 11.6. The lowest BCUT2D eigenvalue weighted by Gasteiger charge is -2.13. The highest BCUT2D eigenvalue weighted by molar-refractivity contribution is 6.06. The van der Waals surface area contributed by atoms with Crippen LogP contribution in [0.2, 0.25) is 0 Å². The summed E-state index contributed by atoms with van der Waals surface area (Å²) in [5.41, 5.74) is 3.72. The molecule has 6 nitrogen and oxygen atoms in total. The Balaban J connectivity index is 2.43. The number of oxime groups is 1. The lowest BCUT2D eigenvalue weighted by atomic mass is 9.93. The number of carbonyl (C=O) groups excluding carboxylic acids is 2. The Bertz CT molecular complexity index is 557. The molecule has 0 atom stereocenters. The summed E-state index contributed by atoms with van der Waals surface area (Å²) >= 11 is 0. The highest BCUT2D eigenvalue weighted by Crippen LogP contribution is 2.27. The Hall–Kier alpha value is -2.11. The topological polar surface area (TPSA) is 80.8 Å². The van der Waals surface area contributed by atoms with E-state index in [9.17, 15) is 9.59 Å². The summed E-state index contributed by atoms with van der Waals surface area (Å²) in [6.07, 6.45) is 2.46. The van der Waals surface area contributed by atoms with E-state index in [0.717, 1.165) is 36.1 Å². The fourth-order valence-corrected chi connectivity index (χ4v) is 2.31. The number of nitrogens with zero attached hydrogens (tertiary/aromatic N) is 1. The number of hydrogen-bond donors (Lipinski definition) is 1. The number of methoxy groups -OCH3 is 1. The quantitative estimate of drug-likeness (QED) is 0.501. The van der Waals surface area contributed by atoms with Crippen molar-refractivity contribution in [3.63, 3.8) is 0 Å². The van der Waals surface area contributed by atoms with Crippen LogP contribution in [-0.4, -0.2) is 29.7 Å². The zero-order valence-electron chi connectivity index (χ0n) is 11.2. The van der Waals surface area contributed by atoms with Gasteiger partial charge in [0.2, 0.25) is 0 Å². The van der Waals surface area contributed by atoms with Gasteiger partial charge in [0.25, 0.3) is 0 Å². The predicted molar refractivity (Wildman–Crippen MR) is 68.1 cm³/mol. The molecule has 1 N–H and O–H groups in total. The van der Waals surface area contributed by atoms with Gasteiger partial charge in [-0.2, -0.15) is 0 Å². The van der Waals surface area contributed by atoms with Crippen LogP contribution in [0, 0.1) is 6.92 Å². The van der Waals surface area contributed by atoms with Crippen LogP contribution in [0.1, 0.15) is 47.1 Å². The van der Waals surface area contributed by atoms with Crippen molar-refractivity contribution in [3.05, 3.63) is 22.5 Å². The molecule has 1 aliphatic carbocycles. The smallest absolute Gasteiger partial charge is 0.354 e. The summed E-state index contributed by atoms with van der Waals surface area (Å²) in [6.45, 7) is 3.13. The molecule has 1 aliphatic rings. The minimum absolute atomic E-state index is 0.404. The van der Waals surface area contributed by atoms with Crippen LogP contribution in [0.25, 0.3) is 0 Å². The lowest BCUT2D eigenvalue weighted by molar-refractivity contribution is -0.140. The molecule has 0 unspecified atom stereocenters. The fourth-order valence-electron chi connectivity index (χ4n) is 2.31. The number of aryl methyl sites for hydroxylation is 1.